The Morgan fingerprint density at radius 2 is 1.25 bits per heavy atom. The third-order valence-corrected chi connectivity index (χ3v) is 9.84. The number of nitrogens with zero attached hydrogens (tertiary/aromatic N) is 2. The third kappa shape index (κ3) is 4.63. The van der Waals surface area contributed by atoms with Crippen molar-refractivity contribution in [1.29, 1.82) is 0 Å². The molecule has 0 saturated carbocycles. The van der Waals surface area contributed by atoms with E-state index < -0.39 is 18.9 Å². The second kappa shape index (κ2) is 10.9. The van der Waals surface area contributed by atoms with Gasteiger partial charge in [0.2, 0.25) is 0 Å². The van der Waals surface area contributed by atoms with E-state index in [9.17, 15) is 4.79 Å². The second-order valence-corrected chi connectivity index (χ2v) is 10.8. The highest BCUT2D eigenvalue weighted by Crippen LogP contribution is 2.58. The summed E-state index contributed by atoms with van der Waals surface area (Å²) in [5, 5.41) is 3.54. The Labute approximate surface area is 202 Å². The van der Waals surface area contributed by atoms with Gasteiger partial charge in [0.25, 0.3) is 5.66 Å². The first-order chi connectivity index (χ1) is 14.6. The average Bonchev–Trinajstić information content (AvgIpc) is 3.20. The van der Waals surface area contributed by atoms with Crippen LogP contribution in [0.2, 0.25) is 0 Å². The van der Waals surface area contributed by atoms with Crippen molar-refractivity contribution in [2.45, 2.75) is 12.6 Å². The van der Waals surface area contributed by atoms with Crippen molar-refractivity contribution in [3.63, 3.8) is 0 Å². The molecule has 0 N–H and O–H groups in total. The van der Waals surface area contributed by atoms with Crippen LogP contribution >= 0.6 is 19.7 Å². The summed E-state index contributed by atoms with van der Waals surface area (Å²) >= 11 is 0. The van der Waals surface area contributed by atoms with Crippen LogP contribution in [0.1, 0.15) is 6.92 Å². The summed E-state index contributed by atoms with van der Waals surface area (Å²) in [6, 6.07) is 31.2. The number of aliphatic imine (C=N–C) groups is 2. The van der Waals surface area contributed by atoms with Crippen molar-refractivity contribution in [1.82, 2.24) is 0 Å². The minimum atomic E-state index is -2.28. The lowest BCUT2D eigenvalue weighted by molar-refractivity contribution is -0.145. The number of esters is 1. The SMILES string of the molecule is COC(=O)C1(C[P+](c2ccccc2)(c2ccccc2)c2ccccc2)N=CC(C)=N1.Cl.[Cl-]. The Morgan fingerprint density at radius 3 is 1.56 bits per heavy atom. The second-order valence-electron chi connectivity index (χ2n) is 7.29. The lowest BCUT2D eigenvalue weighted by Crippen LogP contribution is -3.00. The number of halogens is 2. The molecule has 0 amide bonds. The van der Waals surface area contributed by atoms with Gasteiger partial charge in [-0.1, -0.05) is 54.6 Å². The molecule has 0 aromatic heterocycles. The fourth-order valence-corrected chi connectivity index (χ4v) is 8.48. The highest BCUT2D eigenvalue weighted by atomic mass is 35.5. The Bertz CT molecular complexity index is 996. The zero-order chi connectivity index (χ0) is 21.0. The molecule has 1 aliphatic heterocycles. The van der Waals surface area contributed by atoms with E-state index in [2.05, 4.69) is 41.4 Å². The van der Waals surface area contributed by atoms with E-state index >= 15 is 0 Å². The van der Waals surface area contributed by atoms with Gasteiger partial charge in [0.1, 0.15) is 29.3 Å². The first-order valence-corrected chi connectivity index (χ1v) is 11.8. The number of carbonyl (C=O) groups excluding carboxylic acids is 1. The van der Waals surface area contributed by atoms with E-state index in [-0.39, 0.29) is 24.8 Å². The molecule has 0 aliphatic carbocycles. The van der Waals surface area contributed by atoms with Gasteiger partial charge in [-0.15, -0.1) is 12.4 Å². The monoisotopic (exact) mass is 486 g/mol. The number of benzene rings is 3. The first-order valence-electron chi connectivity index (χ1n) is 9.86. The Kier molecular flexibility index (Phi) is 8.74. The van der Waals surface area contributed by atoms with Gasteiger partial charge < -0.3 is 17.1 Å². The van der Waals surface area contributed by atoms with Crippen molar-refractivity contribution >= 4 is 53.5 Å². The molecule has 166 valence electrons. The standard InChI is InChI=1S/C25H24N2O2P.2ClH/c1-20-18-26-25(27-20,24(28)29-2)19-30(21-12-6-3-7-13-21,22-14-8-4-9-15-22)23-16-10-5-11-17-23;;/h3-18H,19H2,1-2H3;2*1H/q+1;;/p-1. The lowest BCUT2D eigenvalue weighted by atomic mass is 10.2. The maximum atomic E-state index is 13.0. The molecule has 1 heterocycles. The van der Waals surface area contributed by atoms with Gasteiger partial charge in [0, 0.05) is 6.21 Å². The van der Waals surface area contributed by atoms with Crippen LogP contribution in [0.25, 0.3) is 0 Å². The normalized spacial score (nSPS) is 17.0. The molecular formula is C25H25Cl2N2O2P. The smallest absolute Gasteiger partial charge is 0.360 e. The molecule has 1 atom stereocenters. The molecule has 4 nitrogen and oxygen atoms in total. The van der Waals surface area contributed by atoms with E-state index in [0.29, 0.717) is 6.16 Å². The number of methoxy groups -OCH3 is 1. The summed E-state index contributed by atoms with van der Waals surface area (Å²) in [4.78, 5) is 22.3. The van der Waals surface area contributed by atoms with Gasteiger partial charge in [-0.05, 0) is 43.3 Å². The predicted molar refractivity (Wildman–Crippen MR) is 134 cm³/mol. The number of rotatable bonds is 6. The van der Waals surface area contributed by atoms with Crippen molar-refractivity contribution in [3.05, 3.63) is 91.0 Å². The first kappa shape index (κ1) is 25.7. The summed E-state index contributed by atoms with van der Waals surface area (Å²) in [6.07, 6.45) is 2.10. The molecular weight excluding hydrogens is 462 g/mol. The van der Waals surface area contributed by atoms with Crippen LogP contribution in [0, 0.1) is 0 Å². The molecule has 0 bridgehead atoms. The van der Waals surface area contributed by atoms with Crippen molar-refractivity contribution in [2.24, 2.45) is 9.98 Å². The molecule has 0 radical (unpaired) electrons. The quantitative estimate of drug-likeness (QED) is 0.382. The maximum Gasteiger partial charge on any atom is 0.360 e. The molecule has 32 heavy (non-hydrogen) atoms. The highest BCUT2D eigenvalue weighted by Gasteiger charge is 2.57. The fourth-order valence-electron chi connectivity index (χ4n) is 4.05. The summed E-state index contributed by atoms with van der Waals surface area (Å²) in [5.41, 5.74) is -0.554. The topological polar surface area (TPSA) is 51.0 Å². The summed E-state index contributed by atoms with van der Waals surface area (Å²) in [5.74, 6) is -0.428. The van der Waals surface area contributed by atoms with Gasteiger partial charge in [-0.3, -0.25) is 0 Å². The van der Waals surface area contributed by atoms with E-state index in [1.165, 1.54) is 23.0 Å². The molecule has 1 unspecified atom stereocenters. The maximum absolute atomic E-state index is 13.0. The zero-order valence-electron chi connectivity index (χ0n) is 17.9. The number of hydrogen-bond donors (Lipinski definition) is 0. The summed E-state index contributed by atoms with van der Waals surface area (Å²) < 4.78 is 5.20. The van der Waals surface area contributed by atoms with Crippen LogP contribution in [0.5, 0.6) is 0 Å². The average molecular weight is 487 g/mol. The van der Waals surface area contributed by atoms with Crippen LogP contribution in [0.15, 0.2) is 101 Å². The van der Waals surface area contributed by atoms with Gasteiger partial charge in [0.05, 0.1) is 12.8 Å². The highest BCUT2D eigenvalue weighted by molar-refractivity contribution is 7.95. The van der Waals surface area contributed by atoms with E-state index in [1.54, 1.807) is 6.21 Å². The largest absolute Gasteiger partial charge is 1.00 e. The van der Waals surface area contributed by atoms with E-state index in [0.717, 1.165) is 5.71 Å². The Balaban J connectivity index is 0.00000181. The molecule has 0 saturated heterocycles. The van der Waals surface area contributed by atoms with E-state index in [1.807, 2.05) is 61.5 Å². The Morgan fingerprint density at radius 1 is 0.844 bits per heavy atom. The number of hydrogen-bond acceptors (Lipinski definition) is 4. The molecule has 4 rings (SSSR count). The molecule has 3 aromatic carbocycles. The van der Waals surface area contributed by atoms with Crippen molar-refractivity contribution in [2.75, 3.05) is 13.3 Å². The van der Waals surface area contributed by atoms with Crippen molar-refractivity contribution < 1.29 is 21.9 Å². The van der Waals surface area contributed by atoms with Gasteiger partial charge in [-0.25, -0.2) is 14.8 Å². The minimum Gasteiger partial charge on any atom is -1.00 e. The molecule has 0 fully saturated rings. The molecule has 0 spiro atoms. The van der Waals surface area contributed by atoms with Crippen LogP contribution in [-0.4, -0.2) is 36.8 Å². The fraction of sp³-hybridized carbons (Fsp3) is 0.160. The summed E-state index contributed by atoms with van der Waals surface area (Å²) in [7, 11) is -0.884. The van der Waals surface area contributed by atoms with Gasteiger partial charge >= 0.3 is 5.97 Å². The molecule has 1 aliphatic rings. The number of ether oxygens (including phenoxy) is 1. The van der Waals surface area contributed by atoms with Crippen molar-refractivity contribution in [3.8, 4) is 0 Å². The van der Waals surface area contributed by atoms with Crippen LogP contribution in [0.3, 0.4) is 0 Å². The molecule has 3 aromatic rings. The zero-order valence-corrected chi connectivity index (χ0v) is 20.4. The lowest BCUT2D eigenvalue weighted by Gasteiger charge is -2.32. The Hall–Kier alpha value is -2.52. The summed E-state index contributed by atoms with van der Waals surface area (Å²) in [6.45, 7) is 1.86. The van der Waals surface area contributed by atoms with Crippen LogP contribution in [0.4, 0.5) is 0 Å². The van der Waals surface area contributed by atoms with Crippen LogP contribution in [-0.2, 0) is 9.53 Å². The van der Waals surface area contributed by atoms with E-state index in [4.69, 9.17) is 9.73 Å². The van der Waals surface area contributed by atoms with Gasteiger partial charge in [-0.2, -0.15) is 0 Å². The predicted octanol–water partition coefficient (Wildman–Crippen LogP) is 0.821. The molecule has 7 heteroatoms. The van der Waals surface area contributed by atoms with Crippen LogP contribution < -0.4 is 28.3 Å². The van der Waals surface area contributed by atoms with Gasteiger partial charge in [0.15, 0.2) is 0 Å². The minimum absolute atomic E-state index is 0. The third-order valence-electron chi connectivity index (χ3n) is 5.39. The number of carbonyl (C=O) groups is 1.